The molecule has 0 spiro atoms. The Morgan fingerprint density at radius 2 is 1.62 bits per heavy atom. The minimum Gasteiger partial charge on any atom is -0.379 e. The van der Waals surface area contributed by atoms with Gasteiger partial charge in [0, 0.05) is 20.2 Å². The zero-order valence-electron chi connectivity index (χ0n) is 22.0. The Balaban J connectivity index is 1.61. The lowest BCUT2D eigenvalue weighted by Gasteiger charge is -2.27. The van der Waals surface area contributed by atoms with E-state index in [1.165, 1.54) is 7.11 Å². The fraction of sp³-hybridized carbons (Fsp3) is 0.630. The smallest absolute Gasteiger partial charge is 0.243 e. The Morgan fingerprint density at radius 3 is 2.24 bits per heavy atom. The molecule has 1 aromatic carbocycles. The summed E-state index contributed by atoms with van der Waals surface area (Å²) in [7, 11) is 1.45. The molecule has 1 saturated carbocycles. The number of benzene rings is 1. The third kappa shape index (κ3) is 9.53. The van der Waals surface area contributed by atoms with Crippen molar-refractivity contribution in [1.29, 1.82) is 0 Å². The van der Waals surface area contributed by atoms with Crippen molar-refractivity contribution in [3.05, 3.63) is 35.9 Å². The van der Waals surface area contributed by atoms with Crippen LogP contribution >= 0.6 is 0 Å². The van der Waals surface area contributed by atoms with Crippen molar-refractivity contribution in [3.8, 4) is 0 Å². The molecular formula is C27H40N4O6. The molecule has 4 atom stereocenters. The van der Waals surface area contributed by atoms with Crippen LogP contribution in [0, 0.1) is 5.92 Å². The number of nitrogens with one attached hydrogen (secondary N) is 3. The summed E-state index contributed by atoms with van der Waals surface area (Å²) in [5.41, 5.74) is 0.906. The first-order valence-corrected chi connectivity index (χ1v) is 13.1. The van der Waals surface area contributed by atoms with Crippen LogP contribution < -0.4 is 16.0 Å². The van der Waals surface area contributed by atoms with Crippen molar-refractivity contribution in [3.63, 3.8) is 0 Å². The quantitative estimate of drug-likeness (QED) is 0.328. The second-order valence-electron chi connectivity index (χ2n) is 9.95. The summed E-state index contributed by atoms with van der Waals surface area (Å²) in [6, 6.07) is 7.03. The van der Waals surface area contributed by atoms with E-state index in [0.717, 1.165) is 18.4 Å². The molecule has 10 nitrogen and oxygen atoms in total. The summed E-state index contributed by atoms with van der Waals surface area (Å²) < 4.78 is 10.5. The maximum Gasteiger partial charge on any atom is 0.243 e. The minimum atomic E-state index is -0.807. The molecule has 3 N–H and O–H groups in total. The molecule has 10 heteroatoms. The highest BCUT2D eigenvalue weighted by atomic mass is 16.5. The number of morpholine rings is 1. The molecule has 4 unspecified atom stereocenters. The molecule has 1 saturated heterocycles. The van der Waals surface area contributed by atoms with E-state index in [4.69, 9.17) is 9.47 Å². The van der Waals surface area contributed by atoms with Gasteiger partial charge in [-0.05, 0) is 38.2 Å². The summed E-state index contributed by atoms with van der Waals surface area (Å²) >= 11 is 0. The van der Waals surface area contributed by atoms with Gasteiger partial charge in [0.25, 0.3) is 0 Å². The number of hydrogen-bond donors (Lipinski definition) is 3. The molecule has 204 valence electrons. The monoisotopic (exact) mass is 516 g/mol. The van der Waals surface area contributed by atoms with Crippen LogP contribution in [0.3, 0.4) is 0 Å². The van der Waals surface area contributed by atoms with Crippen molar-refractivity contribution in [2.24, 2.45) is 5.92 Å². The van der Waals surface area contributed by atoms with Crippen LogP contribution in [0.4, 0.5) is 0 Å². The first-order chi connectivity index (χ1) is 17.8. The Labute approximate surface area is 218 Å². The fourth-order valence-electron chi connectivity index (χ4n) is 4.27. The van der Waals surface area contributed by atoms with Crippen LogP contribution in [0.25, 0.3) is 0 Å². The lowest BCUT2D eigenvalue weighted by Crippen LogP contribution is -2.57. The molecule has 37 heavy (non-hydrogen) atoms. The van der Waals surface area contributed by atoms with Crippen LogP contribution in [0.2, 0.25) is 0 Å². The summed E-state index contributed by atoms with van der Waals surface area (Å²) in [5, 5.41) is 8.39. The van der Waals surface area contributed by atoms with Crippen LogP contribution in [0.1, 0.15) is 38.7 Å². The molecule has 0 aromatic heterocycles. The number of hydrogen-bond acceptors (Lipinski definition) is 7. The van der Waals surface area contributed by atoms with Crippen molar-refractivity contribution in [1.82, 2.24) is 20.9 Å². The van der Waals surface area contributed by atoms with E-state index in [2.05, 4.69) is 16.0 Å². The van der Waals surface area contributed by atoms with Crippen molar-refractivity contribution >= 4 is 23.5 Å². The van der Waals surface area contributed by atoms with Gasteiger partial charge in [-0.2, -0.15) is 0 Å². The van der Waals surface area contributed by atoms with Crippen molar-refractivity contribution < 1.29 is 28.7 Å². The molecule has 2 fully saturated rings. The third-order valence-corrected chi connectivity index (χ3v) is 6.84. The highest BCUT2D eigenvalue weighted by Crippen LogP contribution is 2.33. The second-order valence-corrected chi connectivity index (χ2v) is 9.95. The Kier molecular flexibility index (Phi) is 11.0. The molecule has 2 aliphatic rings. The summed E-state index contributed by atoms with van der Waals surface area (Å²) in [5.74, 6) is -0.991. The Hall–Kier alpha value is -2.82. The lowest BCUT2D eigenvalue weighted by molar-refractivity contribution is -0.135. The van der Waals surface area contributed by atoms with Crippen molar-refractivity contribution in [2.45, 2.75) is 63.8 Å². The van der Waals surface area contributed by atoms with Gasteiger partial charge in [-0.15, -0.1) is 0 Å². The number of Topliss-reactive ketones (excluding diaryl/α,β-unsaturated/α-hetero) is 1. The van der Waals surface area contributed by atoms with E-state index in [0.29, 0.717) is 45.1 Å². The van der Waals surface area contributed by atoms with Crippen LogP contribution in [-0.4, -0.2) is 92.6 Å². The van der Waals surface area contributed by atoms with Crippen molar-refractivity contribution in [2.75, 3.05) is 40.0 Å². The number of amides is 3. The number of carbonyl (C=O) groups excluding carboxylic acids is 4. The zero-order valence-corrected chi connectivity index (χ0v) is 22.0. The van der Waals surface area contributed by atoms with E-state index in [-0.39, 0.29) is 18.2 Å². The highest BCUT2D eigenvalue weighted by molar-refractivity contribution is 5.95. The number of nitrogens with zero attached hydrogens (tertiary/aromatic N) is 1. The Bertz CT molecular complexity index is 917. The van der Waals surface area contributed by atoms with E-state index >= 15 is 0 Å². The molecule has 0 radical (unpaired) electrons. The van der Waals surface area contributed by atoms with E-state index < -0.39 is 36.0 Å². The van der Waals surface area contributed by atoms with E-state index in [1.807, 2.05) is 35.2 Å². The van der Waals surface area contributed by atoms with Gasteiger partial charge in [0.05, 0.1) is 25.8 Å². The van der Waals surface area contributed by atoms with Gasteiger partial charge in [0.2, 0.25) is 17.7 Å². The SMILES string of the molecule is COC(C)C(=O)C(Cc1ccccc1)NC(=O)C(CC1CC1)NC(=O)C(C)NC(=O)CN1CCOCC1. The summed E-state index contributed by atoms with van der Waals surface area (Å²) in [6.45, 7) is 5.94. The maximum absolute atomic E-state index is 13.3. The van der Waals surface area contributed by atoms with Gasteiger partial charge in [-0.25, -0.2) is 0 Å². The first kappa shape index (κ1) is 28.7. The van der Waals surface area contributed by atoms with E-state index in [1.54, 1.807) is 13.8 Å². The highest BCUT2D eigenvalue weighted by Gasteiger charge is 2.34. The van der Waals surface area contributed by atoms with Crippen LogP contribution in [0.5, 0.6) is 0 Å². The lowest BCUT2D eigenvalue weighted by atomic mass is 9.98. The predicted molar refractivity (Wildman–Crippen MR) is 138 cm³/mol. The largest absolute Gasteiger partial charge is 0.379 e. The van der Waals surface area contributed by atoms with Gasteiger partial charge < -0.3 is 25.4 Å². The molecular weight excluding hydrogens is 476 g/mol. The fourth-order valence-corrected chi connectivity index (χ4v) is 4.27. The first-order valence-electron chi connectivity index (χ1n) is 13.1. The molecule has 3 rings (SSSR count). The van der Waals surface area contributed by atoms with Gasteiger partial charge in [0.1, 0.15) is 18.2 Å². The maximum atomic E-state index is 13.3. The van der Waals surface area contributed by atoms with Gasteiger partial charge in [0.15, 0.2) is 5.78 Å². The average molecular weight is 517 g/mol. The second kappa shape index (κ2) is 14.2. The van der Waals surface area contributed by atoms with Crippen LogP contribution in [-0.2, 0) is 35.1 Å². The number of rotatable bonds is 14. The third-order valence-electron chi connectivity index (χ3n) is 6.84. The number of methoxy groups -OCH3 is 1. The number of carbonyl (C=O) groups is 4. The Morgan fingerprint density at radius 1 is 0.973 bits per heavy atom. The van der Waals surface area contributed by atoms with Gasteiger partial charge in [-0.3, -0.25) is 24.1 Å². The standard InChI is InChI=1S/C27H40N4O6/c1-18(28-24(32)17-31-11-13-37-14-12-31)26(34)30-23(16-21-9-10-21)27(35)29-22(25(33)19(2)36-3)15-20-7-5-4-6-8-20/h4-8,18-19,21-23H,9-17H2,1-3H3,(H,28,32)(H,29,35)(H,30,34). The summed E-state index contributed by atoms with van der Waals surface area (Å²) in [4.78, 5) is 53.7. The summed E-state index contributed by atoms with van der Waals surface area (Å²) in [6.07, 6.45) is 2.11. The molecule has 1 aromatic rings. The molecule has 1 aliphatic carbocycles. The zero-order chi connectivity index (χ0) is 26.8. The normalized spacial score (nSPS) is 19.2. The molecule has 1 aliphatic heterocycles. The van der Waals surface area contributed by atoms with Crippen LogP contribution in [0.15, 0.2) is 30.3 Å². The molecule has 1 heterocycles. The molecule has 3 amide bonds. The average Bonchev–Trinajstić information content (AvgIpc) is 3.72. The number of ether oxygens (including phenoxy) is 2. The van der Waals surface area contributed by atoms with Gasteiger partial charge in [-0.1, -0.05) is 43.2 Å². The minimum absolute atomic E-state index is 0.188. The van der Waals surface area contributed by atoms with Gasteiger partial charge >= 0.3 is 0 Å². The number of ketones is 1. The molecule has 0 bridgehead atoms. The predicted octanol–water partition coefficient (Wildman–Crippen LogP) is 0.440. The van der Waals surface area contributed by atoms with E-state index in [9.17, 15) is 19.2 Å². The topological polar surface area (TPSA) is 126 Å².